The topological polar surface area (TPSA) is 20.3 Å². The number of halogens is 1. The molecule has 0 aromatic heterocycles. The van der Waals surface area contributed by atoms with Gasteiger partial charge in [-0.05, 0) is 25.5 Å². The molecule has 0 radical (unpaired) electrons. The van der Waals surface area contributed by atoms with Crippen LogP contribution in [0.25, 0.3) is 0 Å². The number of benzene rings is 1. The van der Waals surface area contributed by atoms with Gasteiger partial charge >= 0.3 is 0 Å². The zero-order valence-corrected chi connectivity index (χ0v) is 9.38. The number of amides is 1. The summed E-state index contributed by atoms with van der Waals surface area (Å²) in [7, 11) is 1.74. The summed E-state index contributed by atoms with van der Waals surface area (Å²) in [6, 6.07) is 7.73. The third-order valence-corrected chi connectivity index (χ3v) is 2.33. The van der Waals surface area contributed by atoms with Crippen LogP contribution < -0.4 is 4.90 Å². The van der Waals surface area contributed by atoms with Crippen LogP contribution in [0.5, 0.6) is 0 Å². The van der Waals surface area contributed by atoms with Crippen molar-refractivity contribution < 1.29 is 4.79 Å². The molecular formula is C11H14ClNO. The number of hydrogen-bond acceptors (Lipinski definition) is 1. The summed E-state index contributed by atoms with van der Waals surface area (Å²) in [4.78, 5) is 13.2. The molecule has 3 heteroatoms. The van der Waals surface area contributed by atoms with E-state index in [0.29, 0.717) is 0 Å². The van der Waals surface area contributed by atoms with Crippen molar-refractivity contribution in [3.63, 3.8) is 0 Å². The first-order chi connectivity index (χ1) is 6.54. The molecule has 0 aliphatic heterocycles. The lowest BCUT2D eigenvalue weighted by Crippen LogP contribution is -2.32. The molecule has 0 aliphatic rings. The fourth-order valence-electron chi connectivity index (χ4n) is 1.33. The average molecular weight is 212 g/mol. The second kappa shape index (κ2) is 4.47. The smallest absolute Gasteiger partial charge is 0.244 e. The monoisotopic (exact) mass is 211 g/mol. The van der Waals surface area contributed by atoms with Gasteiger partial charge in [0, 0.05) is 12.7 Å². The molecule has 2 nitrogen and oxygen atoms in total. The van der Waals surface area contributed by atoms with Gasteiger partial charge in [0.05, 0.1) is 0 Å². The van der Waals surface area contributed by atoms with Gasteiger partial charge in [-0.1, -0.05) is 18.2 Å². The maximum atomic E-state index is 11.6. The minimum Gasteiger partial charge on any atom is -0.314 e. The van der Waals surface area contributed by atoms with Gasteiger partial charge in [0.1, 0.15) is 5.38 Å². The van der Waals surface area contributed by atoms with Crippen molar-refractivity contribution in [2.45, 2.75) is 19.2 Å². The highest BCUT2D eigenvalue weighted by Gasteiger charge is 2.16. The van der Waals surface area contributed by atoms with Crippen molar-refractivity contribution >= 4 is 23.2 Å². The Morgan fingerprint density at radius 1 is 1.43 bits per heavy atom. The Balaban J connectivity index is 2.95. The summed E-state index contributed by atoms with van der Waals surface area (Å²) in [6.07, 6.45) is 0. The minimum absolute atomic E-state index is 0.0824. The summed E-state index contributed by atoms with van der Waals surface area (Å²) in [5, 5.41) is -0.486. The van der Waals surface area contributed by atoms with E-state index in [1.165, 1.54) is 0 Å². The second-order valence-electron chi connectivity index (χ2n) is 3.30. The Labute approximate surface area is 89.5 Å². The fourth-order valence-corrected chi connectivity index (χ4v) is 1.47. The molecule has 0 N–H and O–H groups in total. The van der Waals surface area contributed by atoms with Crippen molar-refractivity contribution in [1.29, 1.82) is 0 Å². The standard InChI is InChI=1S/C11H14ClNO/c1-8-6-4-5-7-10(8)13(3)11(14)9(2)12/h4-7,9H,1-3H3. The lowest BCUT2D eigenvalue weighted by molar-refractivity contribution is -0.117. The molecular weight excluding hydrogens is 198 g/mol. The van der Waals surface area contributed by atoms with E-state index in [-0.39, 0.29) is 5.91 Å². The molecule has 0 aliphatic carbocycles. The van der Waals surface area contributed by atoms with Gasteiger partial charge in [-0.15, -0.1) is 11.6 Å². The van der Waals surface area contributed by atoms with Crippen LogP contribution in [0.1, 0.15) is 12.5 Å². The normalized spacial score (nSPS) is 12.3. The highest BCUT2D eigenvalue weighted by Crippen LogP contribution is 2.19. The van der Waals surface area contributed by atoms with Crippen molar-refractivity contribution in [2.75, 3.05) is 11.9 Å². The minimum atomic E-state index is -0.486. The molecule has 0 bridgehead atoms. The first-order valence-electron chi connectivity index (χ1n) is 4.51. The van der Waals surface area contributed by atoms with Crippen LogP contribution in [0.4, 0.5) is 5.69 Å². The Kier molecular flexibility index (Phi) is 3.53. The molecule has 1 unspecified atom stereocenters. The number of anilines is 1. The second-order valence-corrected chi connectivity index (χ2v) is 3.95. The molecule has 14 heavy (non-hydrogen) atoms. The molecule has 0 saturated heterocycles. The van der Waals surface area contributed by atoms with Crippen molar-refractivity contribution in [1.82, 2.24) is 0 Å². The van der Waals surface area contributed by atoms with Crippen molar-refractivity contribution in [3.05, 3.63) is 29.8 Å². The van der Waals surface area contributed by atoms with E-state index >= 15 is 0 Å². The molecule has 1 aromatic carbocycles. The van der Waals surface area contributed by atoms with E-state index in [4.69, 9.17) is 11.6 Å². The largest absolute Gasteiger partial charge is 0.314 e. The predicted molar refractivity (Wildman–Crippen MR) is 59.9 cm³/mol. The molecule has 1 atom stereocenters. The highest BCUT2D eigenvalue weighted by atomic mass is 35.5. The van der Waals surface area contributed by atoms with Crippen molar-refractivity contribution in [2.24, 2.45) is 0 Å². The van der Waals surface area contributed by atoms with Gasteiger partial charge < -0.3 is 4.90 Å². The number of alkyl halides is 1. The van der Waals surface area contributed by atoms with Crippen LogP contribution in [0.3, 0.4) is 0 Å². The third-order valence-electron chi connectivity index (χ3n) is 2.15. The lowest BCUT2D eigenvalue weighted by atomic mass is 10.2. The van der Waals surface area contributed by atoms with Crippen LogP contribution in [-0.4, -0.2) is 18.3 Å². The summed E-state index contributed by atoms with van der Waals surface area (Å²) in [6.45, 7) is 3.65. The van der Waals surface area contributed by atoms with Crippen molar-refractivity contribution in [3.8, 4) is 0 Å². The van der Waals surface area contributed by atoms with Gasteiger partial charge in [-0.2, -0.15) is 0 Å². The summed E-state index contributed by atoms with van der Waals surface area (Å²) in [5.74, 6) is -0.0824. The molecule has 1 amide bonds. The summed E-state index contributed by atoms with van der Waals surface area (Å²) < 4.78 is 0. The van der Waals surface area contributed by atoms with Gasteiger partial charge in [-0.25, -0.2) is 0 Å². The number of aryl methyl sites for hydroxylation is 1. The zero-order valence-electron chi connectivity index (χ0n) is 8.62. The van der Waals surface area contributed by atoms with E-state index < -0.39 is 5.38 Å². The molecule has 1 aromatic rings. The Hall–Kier alpha value is -1.02. The van der Waals surface area contributed by atoms with Gasteiger partial charge in [0.25, 0.3) is 0 Å². The maximum Gasteiger partial charge on any atom is 0.244 e. The Morgan fingerprint density at radius 3 is 2.50 bits per heavy atom. The number of nitrogens with zero attached hydrogens (tertiary/aromatic N) is 1. The maximum absolute atomic E-state index is 11.6. The number of rotatable bonds is 2. The van der Waals surface area contributed by atoms with E-state index in [0.717, 1.165) is 11.3 Å². The molecule has 0 spiro atoms. The number of para-hydroxylation sites is 1. The average Bonchev–Trinajstić information content (AvgIpc) is 2.16. The number of hydrogen-bond donors (Lipinski definition) is 0. The highest BCUT2D eigenvalue weighted by molar-refractivity contribution is 6.32. The molecule has 0 fully saturated rings. The molecule has 0 saturated carbocycles. The van der Waals surface area contributed by atoms with Crippen LogP contribution in [0, 0.1) is 6.92 Å². The third kappa shape index (κ3) is 2.26. The van der Waals surface area contributed by atoms with Crippen LogP contribution in [0.15, 0.2) is 24.3 Å². The van der Waals surface area contributed by atoms with Gasteiger partial charge in [0.15, 0.2) is 0 Å². The van der Waals surface area contributed by atoms with E-state index in [2.05, 4.69) is 0 Å². The molecule has 76 valence electrons. The van der Waals surface area contributed by atoms with Crippen LogP contribution in [0.2, 0.25) is 0 Å². The van der Waals surface area contributed by atoms with Gasteiger partial charge in [0.2, 0.25) is 5.91 Å². The van der Waals surface area contributed by atoms with E-state index in [9.17, 15) is 4.79 Å². The lowest BCUT2D eigenvalue weighted by Gasteiger charge is -2.20. The Morgan fingerprint density at radius 2 is 2.00 bits per heavy atom. The first kappa shape index (κ1) is 11.1. The predicted octanol–water partition coefficient (Wildman–Crippen LogP) is 2.59. The van der Waals surface area contributed by atoms with E-state index in [1.807, 2.05) is 31.2 Å². The van der Waals surface area contributed by atoms with Gasteiger partial charge in [-0.3, -0.25) is 4.79 Å². The van der Waals surface area contributed by atoms with Crippen LogP contribution in [-0.2, 0) is 4.79 Å². The zero-order chi connectivity index (χ0) is 10.7. The first-order valence-corrected chi connectivity index (χ1v) is 4.95. The SMILES string of the molecule is Cc1ccccc1N(C)C(=O)C(C)Cl. The van der Waals surface area contributed by atoms with Crippen LogP contribution >= 0.6 is 11.6 Å². The number of carbonyl (C=O) groups is 1. The summed E-state index contributed by atoms with van der Waals surface area (Å²) in [5.41, 5.74) is 1.98. The molecule has 0 heterocycles. The summed E-state index contributed by atoms with van der Waals surface area (Å²) >= 11 is 5.73. The number of carbonyl (C=O) groups excluding carboxylic acids is 1. The quantitative estimate of drug-likeness (QED) is 0.689. The fraction of sp³-hybridized carbons (Fsp3) is 0.364. The molecule has 1 rings (SSSR count). The van der Waals surface area contributed by atoms with E-state index in [1.54, 1.807) is 18.9 Å². The Bertz CT molecular complexity index is 336.